The Morgan fingerprint density at radius 2 is 1.81 bits per heavy atom. The van der Waals surface area contributed by atoms with Crippen LogP contribution in [0.5, 0.6) is 0 Å². The predicted molar refractivity (Wildman–Crippen MR) is 119 cm³/mol. The Kier molecular flexibility index (Phi) is 7.88. The third-order valence-electron chi connectivity index (χ3n) is 5.64. The number of nitrogens with one attached hydrogen (secondary N) is 1. The number of amides is 2. The number of alkyl carbamates (subject to hydrolysis) is 1. The molecule has 1 aliphatic heterocycles. The Labute approximate surface area is 184 Å². The molecule has 1 saturated heterocycles. The van der Waals surface area contributed by atoms with Crippen LogP contribution in [0, 0.1) is 0 Å². The Morgan fingerprint density at radius 3 is 2.32 bits per heavy atom. The van der Waals surface area contributed by atoms with Crippen molar-refractivity contribution in [2.24, 2.45) is 0 Å². The quantitative estimate of drug-likeness (QED) is 0.503. The highest BCUT2D eigenvalue weighted by Crippen LogP contribution is 2.32. The number of aliphatic hydroxyl groups is 1. The van der Waals surface area contributed by atoms with Gasteiger partial charge in [-0.25, -0.2) is 9.59 Å². The molecule has 0 aromatic heterocycles. The average Bonchev–Trinajstić information content (AvgIpc) is 3.16. The summed E-state index contributed by atoms with van der Waals surface area (Å²) >= 11 is 0. The summed E-state index contributed by atoms with van der Waals surface area (Å²) in [4.78, 5) is 39.7. The molecule has 0 saturated carbocycles. The van der Waals surface area contributed by atoms with E-state index in [1.54, 1.807) is 20.8 Å². The zero-order valence-electron chi connectivity index (χ0n) is 19.2. The lowest BCUT2D eigenvalue weighted by molar-refractivity contribution is -0.152. The van der Waals surface area contributed by atoms with Crippen molar-refractivity contribution in [3.05, 3.63) is 30.3 Å². The third-order valence-corrected chi connectivity index (χ3v) is 9.69. The maximum atomic E-state index is 13.5. The molecule has 1 aliphatic rings. The number of carbonyl (C=O) groups is 3. The summed E-state index contributed by atoms with van der Waals surface area (Å²) in [5, 5.41) is 13.5. The summed E-state index contributed by atoms with van der Waals surface area (Å²) in [5.41, 5.74) is -0.943. The fourth-order valence-electron chi connectivity index (χ4n) is 4.07. The van der Waals surface area contributed by atoms with E-state index in [1.165, 1.54) is 12.0 Å². The standard InChI is InChI=1S/C22H34N2O6Si/c1-22(2,3)30-21(28)23-16(14-25)19(26)24-17(20(27)29-4)12-13-18(24)31(5,6)15-10-8-7-9-11-15/h7-11,16-18,25H,12-14H2,1-6H3,(H,23,28)/t16-,17-,18+/m0/s1. The van der Waals surface area contributed by atoms with E-state index in [-0.39, 0.29) is 5.67 Å². The fourth-order valence-corrected chi connectivity index (χ4v) is 7.40. The lowest BCUT2D eigenvalue weighted by Gasteiger charge is -2.39. The summed E-state index contributed by atoms with van der Waals surface area (Å²) < 4.78 is 10.2. The lowest BCUT2D eigenvalue weighted by atomic mass is 10.2. The van der Waals surface area contributed by atoms with Gasteiger partial charge in [-0.05, 0) is 33.6 Å². The summed E-state index contributed by atoms with van der Waals surface area (Å²) in [6, 6.07) is 7.98. The molecule has 9 heteroatoms. The third kappa shape index (κ3) is 5.85. The van der Waals surface area contributed by atoms with E-state index in [1.807, 2.05) is 30.3 Å². The second-order valence-electron chi connectivity index (χ2n) is 9.35. The van der Waals surface area contributed by atoms with Crippen LogP contribution in [-0.2, 0) is 19.1 Å². The molecule has 0 unspecified atom stereocenters. The first kappa shape index (κ1) is 24.9. The topological polar surface area (TPSA) is 105 Å². The van der Waals surface area contributed by atoms with E-state index in [0.717, 1.165) is 5.19 Å². The lowest BCUT2D eigenvalue weighted by Crippen LogP contribution is -2.64. The molecule has 1 heterocycles. The molecule has 1 aromatic rings. The molecule has 2 amide bonds. The van der Waals surface area contributed by atoms with E-state index in [9.17, 15) is 19.5 Å². The fraction of sp³-hybridized carbons (Fsp3) is 0.591. The van der Waals surface area contributed by atoms with Gasteiger partial charge in [0.25, 0.3) is 0 Å². The van der Waals surface area contributed by atoms with Crippen LogP contribution < -0.4 is 10.5 Å². The molecule has 0 bridgehead atoms. The van der Waals surface area contributed by atoms with Crippen molar-refractivity contribution in [1.29, 1.82) is 0 Å². The summed E-state index contributed by atoms with van der Waals surface area (Å²) in [6.45, 7) is 8.83. The number of methoxy groups -OCH3 is 1. The highest BCUT2D eigenvalue weighted by molar-refractivity contribution is 6.91. The highest BCUT2D eigenvalue weighted by Gasteiger charge is 2.50. The van der Waals surface area contributed by atoms with Crippen LogP contribution in [0.1, 0.15) is 33.6 Å². The van der Waals surface area contributed by atoms with Crippen LogP contribution in [0.25, 0.3) is 0 Å². The second kappa shape index (κ2) is 9.82. The van der Waals surface area contributed by atoms with Crippen molar-refractivity contribution in [3.8, 4) is 0 Å². The molecule has 2 N–H and O–H groups in total. The zero-order valence-corrected chi connectivity index (χ0v) is 20.2. The Balaban J connectivity index is 2.35. The molecule has 1 aromatic carbocycles. The van der Waals surface area contributed by atoms with Gasteiger partial charge in [0.1, 0.15) is 25.8 Å². The Morgan fingerprint density at radius 1 is 1.19 bits per heavy atom. The Bertz CT molecular complexity index is 793. The van der Waals surface area contributed by atoms with Crippen molar-refractivity contribution in [1.82, 2.24) is 10.2 Å². The molecule has 0 radical (unpaired) electrons. The Hall–Kier alpha value is -2.39. The maximum absolute atomic E-state index is 13.5. The van der Waals surface area contributed by atoms with Crippen molar-refractivity contribution in [3.63, 3.8) is 0 Å². The smallest absolute Gasteiger partial charge is 0.408 e. The van der Waals surface area contributed by atoms with Crippen molar-refractivity contribution in [2.45, 2.75) is 70.1 Å². The van der Waals surface area contributed by atoms with Gasteiger partial charge in [-0.3, -0.25) is 4.79 Å². The molecule has 8 nitrogen and oxygen atoms in total. The molecule has 31 heavy (non-hydrogen) atoms. The van der Waals surface area contributed by atoms with E-state index < -0.39 is 50.3 Å². The van der Waals surface area contributed by atoms with Crippen molar-refractivity contribution >= 4 is 31.2 Å². The minimum atomic E-state index is -2.24. The molecule has 2 rings (SSSR count). The largest absolute Gasteiger partial charge is 0.467 e. The van der Waals surface area contributed by atoms with Gasteiger partial charge < -0.3 is 24.8 Å². The SMILES string of the molecule is COC(=O)[C@@H]1CC[C@@H]([Si](C)(C)c2ccccc2)N1C(=O)[C@H](CO)NC(=O)OC(C)(C)C. The minimum Gasteiger partial charge on any atom is -0.467 e. The van der Waals surface area contributed by atoms with Gasteiger partial charge in [-0.15, -0.1) is 0 Å². The van der Waals surface area contributed by atoms with Gasteiger partial charge in [-0.1, -0.05) is 48.6 Å². The van der Waals surface area contributed by atoms with Crippen LogP contribution in [0.3, 0.4) is 0 Å². The van der Waals surface area contributed by atoms with Gasteiger partial charge in [0, 0.05) is 5.67 Å². The number of esters is 1. The van der Waals surface area contributed by atoms with Gasteiger partial charge >= 0.3 is 12.1 Å². The van der Waals surface area contributed by atoms with Gasteiger partial charge in [-0.2, -0.15) is 0 Å². The first-order valence-electron chi connectivity index (χ1n) is 10.5. The van der Waals surface area contributed by atoms with E-state index >= 15 is 0 Å². The predicted octanol–water partition coefficient (Wildman–Crippen LogP) is 1.56. The van der Waals surface area contributed by atoms with E-state index in [4.69, 9.17) is 9.47 Å². The number of hydrogen-bond acceptors (Lipinski definition) is 6. The van der Waals surface area contributed by atoms with Crippen LogP contribution in [0.4, 0.5) is 4.79 Å². The number of ether oxygens (including phenoxy) is 2. The number of hydrogen-bond donors (Lipinski definition) is 2. The van der Waals surface area contributed by atoms with Crippen molar-refractivity contribution < 1.29 is 29.0 Å². The molecule has 172 valence electrons. The molecular formula is C22H34N2O6Si. The zero-order chi connectivity index (χ0) is 23.4. The summed E-state index contributed by atoms with van der Waals surface area (Å²) in [7, 11) is -0.945. The molecule has 0 spiro atoms. The second-order valence-corrected chi connectivity index (χ2v) is 14.0. The van der Waals surface area contributed by atoms with E-state index in [2.05, 4.69) is 18.4 Å². The summed E-state index contributed by atoms with van der Waals surface area (Å²) in [6.07, 6.45) is 0.311. The molecule has 3 atom stereocenters. The minimum absolute atomic E-state index is 0.194. The van der Waals surface area contributed by atoms with Crippen LogP contribution >= 0.6 is 0 Å². The number of carbonyl (C=O) groups excluding carboxylic acids is 3. The molecule has 0 aliphatic carbocycles. The van der Waals surface area contributed by atoms with Crippen LogP contribution in [0.2, 0.25) is 13.1 Å². The molecule has 1 fully saturated rings. The molecular weight excluding hydrogens is 416 g/mol. The maximum Gasteiger partial charge on any atom is 0.408 e. The number of rotatable bonds is 6. The number of aliphatic hydroxyl groups excluding tert-OH is 1. The number of likely N-dealkylation sites (tertiary alicyclic amines) is 1. The number of nitrogens with zero attached hydrogens (tertiary/aromatic N) is 1. The highest BCUT2D eigenvalue weighted by atomic mass is 28.3. The normalized spacial score (nSPS) is 20.2. The first-order valence-corrected chi connectivity index (χ1v) is 13.6. The summed E-state index contributed by atoms with van der Waals surface area (Å²) in [5.74, 6) is -1.01. The van der Waals surface area contributed by atoms with Gasteiger partial charge in [0.05, 0.1) is 13.7 Å². The van der Waals surface area contributed by atoms with Gasteiger partial charge in [0.2, 0.25) is 5.91 Å². The van der Waals surface area contributed by atoms with E-state index in [0.29, 0.717) is 12.8 Å². The van der Waals surface area contributed by atoms with Gasteiger partial charge in [0.15, 0.2) is 0 Å². The van der Waals surface area contributed by atoms with Crippen molar-refractivity contribution in [2.75, 3.05) is 13.7 Å². The average molecular weight is 451 g/mol. The van der Waals surface area contributed by atoms with Crippen LogP contribution in [-0.4, -0.2) is 73.1 Å². The number of benzene rings is 1. The monoisotopic (exact) mass is 450 g/mol. The van der Waals surface area contributed by atoms with Crippen LogP contribution in [0.15, 0.2) is 30.3 Å². The first-order chi connectivity index (χ1) is 14.4.